The maximum absolute atomic E-state index is 12.9. The molecule has 1 aliphatic rings. The van der Waals surface area contributed by atoms with Gasteiger partial charge in [-0.3, -0.25) is 9.59 Å². The highest BCUT2D eigenvalue weighted by Gasteiger charge is 2.22. The summed E-state index contributed by atoms with van der Waals surface area (Å²) < 4.78 is 14.5. The highest BCUT2D eigenvalue weighted by molar-refractivity contribution is 5.96. The Labute approximate surface area is 202 Å². The standard InChI is InChI=1S/C26H27N5O4/c1-16-8-21(30(3)12-16)22(32)11-19-10-20(5-4-17(19)2)35-26-7-6-24-27-23(13-31(24)29-26)28-25(33)9-18-14-34-15-18/h4-8,10,12-13,18H,9,11,14-15H2,1-3H3,(H,28,33). The van der Waals surface area contributed by atoms with Crippen molar-refractivity contribution in [1.82, 2.24) is 19.2 Å². The Morgan fingerprint density at radius 3 is 2.69 bits per heavy atom. The Kier molecular flexibility index (Phi) is 6.08. The van der Waals surface area contributed by atoms with Crippen molar-refractivity contribution >= 4 is 23.2 Å². The van der Waals surface area contributed by atoms with Crippen LogP contribution in [0.2, 0.25) is 0 Å². The van der Waals surface area contributed by atoms with Gasteiger partial charge in [-0.2, -0.15) is 0 Å². The van der Waals surface area contributed by atoms with Crippen molar-refractivity contribution in [3.8, 4) is 11.6 Å². The highest BCUT2D eigenvalue weighted by Crippen LogP contribution is 2.25. The summed E-state index contributed by atoms with van der Waals surface area (Å²) in [5.74, 6) is 1.63. The number of carbonyl (C=O) groups excluding carboxylic acids is 2. The van der Waals surface area contributed by atoms with Crippen LogP contribution in [0.1, 0.15) is 33.6 Å². The number of nitrogens with zero attached hydrogens (tertiary/aromatic N) is 4. The lowest BCUT2D eigenvalue weighted by molar-refractivity contribution is -0.121. The summed E-state index contributed by atoms with van der Waals surface area (Å²) in [5.41, 5.74) is 4.25. The Bertz CT molecular complexity index is 1420. The minimum absolute atomic E-state index is 0.0539. The van der Waals surface area contributed by atoms with Gasteiger partial charge in [-0.1, -0.05) is 6.07 Å². The van der Waals surface area contributed by atoms with Crippen LogP contribution in [0.5, 0.6) is 11.6 Å². The van der Waals surface area contributed by atoms with Crippen molar-refractivity contribution in [2.24, 2.45) is 13.0 Å². The molecule has 1 fully saturated rings. The third-order valence-electron chi connectivity index (χ3n) is 6.07. The highest BCUT2D eigenvalue weighted by atomic mass is 16.5. The summed E-state index contributed by atoms with van der Waals surface area (Å²) in [5, 5.41) is 7.26. The third kappa shape index (κ3) is 5.09. The number of carbonyl (C=O) groups is 2. The predicted octanol–water partition coefficient (Wildman–Crippen LogP) is 3.88. The van der Waals surface area contributed by atoms with E-state index in [2.05, 4.69) is 15.4 Å². The summed E-state index contributed by atoms with van der Waals surface area (Å²) in [6, 6.07) is 11.1. The summed E-state index contributed by atoms with van der Waals surface area (Å²) >= 11 is 0. The molecule has 0 bridgehead atoms. The van der Waals surface area contributed by atoms with Gasteiger partial charge in [0.1, 0.15) is 5.75 Å². The van der Waals surface area contributed by atoms with Gasteiger partial charge in [0.25, 0.3) is 0 Å². The van der Waals surface area contributed by atoms with Crippen LogP contribution in [0.25, 0.3) is 5.65 Å². The molecule has 1 aromatic carbocycles. The minimum Gasteiger partial charge on any atom is -0.438 e. The van der Waals surface area contributed by atoms with E-state index in [4.69, 9.17) is 9.47 Å². The second-order valence-electron chi connectivity index (χ2n) is 9.06. The van der Waals surface area contributed by atoms with Gasteiger partial charge in [0, 0.05) is 38.1 Å². The lowest BCUT2D eigenvalue weighted by Crippen LogP contribution is -2.31. The normalized spacial score (nSPS) is 13.6. The minimum atomic E-state index is -0.0922. The number of imidazole rings is 1. The molecular formula is C26H27N5O4. The van der Waals surface area contributed by atoms with Gasteiger partial charge in [0.05, 0.1) is 25.1 Å². The van der Waals surface area contributed by atoms with Crippen LogP contribution in [0.4, 0.5) is 5.82 Å². The largest absolute Gasteiger partial charge is 0.438 e. The van der Waals surface area contributed by atoms with Gasteiger partial charge >= 0.3 is 0 Å². The molecule has 35 heavy (non-hydrogen) atoms. The Morgan fingerprint density at radius 1 is 1.14 bits per heavy atom. The van der Waals surface area contributed by atoms with Crippen molar-refractivity contribution in [1.29, 1.82) is 0 Å². The lowest BCUT2D eigenvalue weighted by Gasteiger charge is -2.24. The SMILES string of the molecule is Cc1cc(C(=O)Cc2cc(Oc3ccc4nc(NC(=O)CC5COC5)cn4n3)ccc2C)n(C)c1. The van der Waals surface area contributed by atoms with Gasteiger partial charge in [-0.05, 0) is 54.8 Å². The van der Waals surface area contributed by atoms with Crippen LogP contribution in [0, 0.1) is 19.8 Å². The molecular weight excluding hydrogens is 446 g/mol. The zero-order chi connectivity index (χ0) is 24.5. The molecule has 0 atom stereocenters. The van der Waals surface area contributed by atoms with E-state index in [0.717, 1.165) is 16.7 Å². The number of Topliss-reactive ketones (excluding diaryl/α,β-unsaturated/α-hetero) is 1. The number of hydrogen-bond donors (Lipinski definition) is 1. The molecule has 4 aromatic rings. The second kappa shape index (κ2) is 9.34. The quantitative estimate of drug-likeness (QED) is 0.390. The molecule has 1 saturated heterocycles. The van der Waals surface area contributed by atoms with Crippen LogP contribution in [0.15, 0.2) is 48.8 Å². The van der Waals surface area contributed by atoms with Gasteiger partial charge in [0.15, 0.2) is 17.2 Å². The molecule has 0 radical (unpaired) electrons. The Balaban J connectivity index is 1.28. The van der Waals surface area contributed by atoms with Gasteiger partial charge in [-0.15, -0.1) is 5.10 Å². The summed E-state index contributed by atoms with van der Waals surface area (Å²) in [4.78, 5) is 29.4. The number of hydrogen-bond acceptors (Lipinski definition) is 6. The fraction of sp³-hybridized carbons (Fsp3) is 0.308. The number of rotatable bonds is 8. The molecule has 1 N–H and O–H groups in total. The molecule has 4 heterocycles. The molecule has 9 heteroatoms. The maximum Gasteiger partial charge on any atom is 0.237 e. The van der Waals surface area contributed by atoms with Gasteiger partial charge in [-0.25, -0.2) is 9.50 Å². The molecule has 0 aliphatic carbocycles. The van der Waals surface area contributed by atoms with E-state index in [0.29, 0.717) is 48.4 Å². The Hall–Kier alpha value is -3.98. The average molecular weight is 474 g/mol. The number of ether oxygens (including phenoxy) is 2. The first-order valence-corrected chi connectivity index (χ1v) is 11.5. The van der Waals surface area contributed by atoms with Crippen molar-refractivity contribution in [3.05, 3.63) is 71.2 Å². The van der Waals surface area contributed by atoms with Crippen LogP contribution >= 0.6 is 0 Å². The number of nitrogens with one attached hydrogen (secondary N) is 1. The molecule has 180 valence electrons. The maximum atomic E-state index is 12.9. The molecule has 0 spiro atoms. The molecule has 1 aliphatic heterocycles. The Morgan fingerprint density at radius 2 is 1.97 bits per heavy atom. The van der Waals surface area contributed by atoms with Crippen molar-refractivity contribution < 1.29 is 19.1 Å². The topological polar surface area (TPSA) is 99.8 Å². The summed E-state index contributed by atoms with van der Waals surface area (Å²) in [6.07, 6.45) is 4.29. The molecule has 1 amide bonds. The fourth-order valence-corrected chi connectivity index (χ4v) is 4.13. The van der Waals surface area contributed by atoms with Crippen LogP contribution in [-0.2, 0) is 23.0 Å². The van der Waals surface area contributed by atoms with Crippen LogP contribution < -0.4 is 10.1 Å². The van der Waals surface area contributed by atoms with Gasteiger partial charge < -0.3 is 19.4 Å². The summed E-state index contributed by atoms with van der Waals surface area (Å²) in [6.45, 7) is 5.21. The van der Waals surface area contributed by atoms with E-state index in [-0.39, 0.29) is 24.0 Å². The van der Waals surface area contributed by atoms with Crippen molar-refractivity contribution in [2.75, 3.05) is 18.5 Å². The molecule has 0 saturated carbocycles. The first-order chi connectivity index (χ1) is 16.8. The van der Waals surface area contributed by atoms with E-state index < -0.39 is 0 Å². The molecule has 3 aromatic heterocycles. The molecule has 9 nitrogen and oxygen atoms in total. The smallest absolute Gasteiger partial charge is 0.237 e. The first-order valence-electron chi connectivity index (χ1n) is 11.5. The van der Waals surface area contributed by atoms with Crippen molar-refractivity contribution in [3.63, 3.8) is 0 Å². The monoisotopic (exact) mass is 473 g/mol. The number of aryl methyl sites for hydroxylation is 3. The number of benzene rings is 1. The first kappa shape index (κ1) is 22.8. The average Bonchev–Trinajstić information content (AvgIpc) is 3.34. The van der Waals surface area contributed by atoms with E-state index in [1.165, 1.54) is 0 Å². The van der Waals surface area contributed by atoms with Gasteiger partial charge in [0.2, 0.25) is 11.8 Å². The number of anilines is 1. The fourth-order valence-electron chi connectivity index (χ4n) is 4.13. The van der Waals surface area contributed by atoms with Crippen LogP contribution in [-0.4, -0.2) is 44.1 Å². The number of fused-ring (bicyclic) bond motifs is 1. The predicted molar refractivity (Wildman–Crippen MR) is 130 cm³/mol. The number of amides is 1. The second-order valence-corrected chi connectivity index (χ2v) is 9.06. The molecule has 0 unspecified atom stereocenters. The van der Waals surface area contributed by atoms with Crippen molar-refractivity contribution in [2.45, 2.75) is 26.7 Å². The zero-order valence-electron chi connectivity index (χ0n) is 19.9. The van der Waals surface area contributed by atoms with E-state index in [9.17, 15) is 9.59 Å². The zero-order valence-corrected chi connectivity index (χ0v) is 19.9. The number of aromatic nitrogens is 4. The third-order valence-corrected chi connectivity index (χ3v) is 6.07. The van der Waals surface area contributed by atoms with E-state index in [1.54, 1.807) is 22.8 Å². The van der Waals surface area contributed by atoms with E-state index in [1.807, 2.05) is 55.9 Å². The van der Waals surface area contributed by atoms with Crippen LogP contribution in [0.3, 0.4) is 0 Å². The number of ketones is 1. The summed E-state index contributed by atoms with van der Waals surface area (Å²) in [7, 11) is 1.88. The lowest BCUT2D eigenvalue weighted by atomic mass is 10.0. The molecule has 5 rings (SSSR count). The van der Waals surface area contributed by atoms with E-state index >= 15 is 0 Å².